The molecule has 106 valence electrons. The van der Waals surface area contributed by atoms with E-state index in [1.807, 2.05) is 19.2 Å². The van der Waals surface area contributed by atoms with E-state index in [1.165, 1.54) is 14.7 Å². The molecule has 1 unspecified atom stereocenters. The number of hydrogen-bond acceptors (Lipinski definition) is 1. The first-order chi connectivity index (χ1) is 9.67. The van der Waals surface area contributed by atoms with Crippen LogP contribution in [-0.2, 0) is 12.8 Å². The summed E-state index contributed by atoms with van der Waals surface area (Å²) in [6.07, 6.45) is 2.17. The summed E-state index contributed by atoms with van der Waals surface area (Å²) in [6.45, 7) is 1.02. The highest BCUT2D eigenvalue weighted by Crippen LogP contribution is 2.17. The number of halogens is 2. The Balaban J connectivity index is 2.02. The fraction of sp³-hybridized carbons (Fsp3) is 0.294. The van der Waals surface area contributed by atoms with Crippen LogP contribution in [0.2, 0.25) is 5.02 Å². The van der Waals surface area contributed by atoms with Crippen molar-refractivity contribution in [2.45, 2.75) is 12.8 Å². The van der Waals surface area contributed by atoms with Crippen LogP contribution in [0.1, 0.15) is 11.1 Å². The maximum absolute atomic E-state index is 5.94. The average Bonchev–Trinajstić information content (AvgIpc) is 2.44. The first-order valence-corrected chi connectivity index (χ1v) is 8.26. The van der Waals surface area contributed by atoms with Crippen molar-refractivity contribution in [1.29, 1.82) is 0 Å². The monoisotopic (exact) mass is 399 g/mol. The van der Waals surface area contributed by atoms with Gasteiger partial charge in [0.25, 0.3) is 0 Å². The SMILES string of the molecule is CNCC(Cc1ccc(Cl)cc1)Cc1ccc(I)cc1. The number of rotatable bonds is 6. The molecule has 0 aliphatic carbocycles. The molecule has 0 aliphatic rings. The predicted molar refractivity (Wildman–Crippen MR) is 95.4 cm³/mol. The molecule has 0 aliphatic heterocycles. The molecule has 2 rings (SSSR count). The van der Waals surface area contributed by atoms with E-state index in [1.54, 1.807) is 0 Å². The normalized spacial score (nSPS) is 12.3. The molecule has 0 fully saturated rings. The van der Waals surface area contributed by atoms with Gasteiger partial charge in [0.05, 0.1) is 0 Å². The predicted octanol–water partition coefficient (Wildman–Crippen LogP) is 4.57. The molecule has 0 saturated carbocycles. The summed E-state index contributed by atoms with van der Waals surface area (Å²) < 4.78 is 1.29. The molecule has 0 radical (unpaired) electrons. The Morgan fingerprint density at radius 1 is 0.950 bits per heavy atom. The van der Waals surface area contributed by atoms with Crippen molar-refractivity contribution in [3.8, 4) is 0 Å². The fourth-order valence-corrected chi connectivity index (χ4v) is 2.90. The minimum Gasteiger partial charge on any atom is -0.319 e. The molecule has 0 bridgehead atoms. The van der Waals surface area contributed by atoms with Gasteiger partial charge in [-0.05, 0) is 90.3 Å². The molecule has 2 aromatic rings. The van der Waals surface area contributed by atoms with E-state index >= 15 is 0 Å². The second kappa shape index (κ2) is 8.01. The standard InChI is InChI=1S/C17H19ClIN/c1-20-12-15(10-13-2-6-16(18)7-3-13)11-14-4-8-17(19)9-5-14/h2-9,15,20H,10-12H2,1H3. The highest BCUT2D eigenvalue weighted by atomic mass is 127. The average molecular weight is 400 g/mol. The minimum absolute atomic E-state index is 0.598. The molecule has 0 amide bonds. The van der Waals surface area contributed by atoms with Crippen molar-refractivity contribution in [3.63, 3.8) is 0 Å². The lowest BCUT2D eigenvalue weighted by molar-refractivity contribution is 0.493. The van der Waals surface area contributed by atoms with Crippen LogP contribution in [0.4, 0.5) is 0 Å². The molecule has 1 atom stereocenters. The van der Waals surface area contributed by atoms with E-state index in [0.29, 0.717) is 5.92 Å². The van der Waals surface area contributed by atoms with Gasteiger partial charge in [0.1, 0.15) is 0 Å². The van der Waals surface area contributed by atoms with Crippen LogP contribution in [0.3, 0.4) is 0 Å². The van der Waals surface area contributed by atoms with Gasteiger partial charge in [-0.25, -0.2) is 0 Å². The summed E-state index contributed by atoms with van der Waals surface area (Å²) in [7, 11) is 2.02. The van der Waals surface area contributed by atoms with Crippen LogP contribution in [0, 0.1) is 9.49 Å². The number of hydrogen-bond donors (Lipinski definition) is 1. The largest absolute Gasteiger partial charge is 0.319 e. The second-order valence-electron chi connectivity index (χ2n) is 5.08. The van der Waals surface area contributed by atoms with Crippen LogP contribution in [0.5, 0.6) is 0 Å². The zero-order valence-corrected chi connectivity index (χ0v) is 14.5. The lowest BCUT2D eigenvalue weighted by Gasteiger charge is -2.17. The van der Waals surface area contributed by atoms with Gasteiger partial charge in [-0.2, -0.15) is 0 Å². The Hall–Kier alpha value is -0.580. The van der Waals surface area contributed by atoms with Gasteiger partial charge in [0.15, 0.2) is 0 Å². The van der Waals surface area contributed by atoms with Crippen molar-refractivity contribution in [3.05, 3.63) is 68.3 Å². The van der Waals surface area contributed by atoms with E-state index < -0.39 is 0 Å². The number of nitrogens with one attached hydrogen (secondary N) is 1. The second-order valence-corrected chi connectivity index (χ2v) is 6.77. The van der Waals surface area contributed by atoms with E-state index in [0.717, 1.165) is 24.4 Å². The van der Waals surface area contributed by atoms with Crippen LogP contribution < -0.4 is 5.32 Å². The summed E-state index contributed by atoms with van der Waals surface area (Å²) in [5, 5.41) is 4.11. The molecule has 0 heterocycles. The topological polar surface area (TPSA) is 12.0 Å². The Labute approximate surface area is 139 Å². The maximum atomic E-state index is 5.94. The third-order valence-electron chi connectivity index (χ3n) is 3.37. The summed E-state index contributed by atoms with van der Waals surface area (Å²) in [4.78, 5) is 0. The van der Waals surface area contributed by atoms with Gasteiger partial charge in [-0.3, -0.25) is 0 Å². The van der Waals surface area contributed by atoms with E-state index in [-0.39, 0.29) is 0 Å². The molecule has 0 aromatic heterocycles. The molecule has 3 heteroatoms. The molecule has 20 heavy (non-hydrogen) atoms. The van der Waals surface area contributed by atoms with Crippen LogP contribution >= 0.6 is 34.2 Å². The van der Waals surface area contributed by atoms with E-state index in [4.69, 9.17) is 11.6 Å². The zero-order chi connectivity index (χ0) is 14.4. The van der Waals surface area contributed by atoms with Gasteiger partial charge in [-0.15, -0.1) is 0 Å². The van der Waals surface area contributed by atoms with Crippen LogP contribution in [0.25, 0.3) is 0 Å². The quantitative estimate of drug-likeness (QED) is 0.702. The summed E-state index contributed by atoms with van der Waals surface area (Å²) in [5.74, 6) is 0.598. The van der Waals surface area contributed by atoms with E-state index in [9.17, 15) is 0 Å². The van der Waals surface area contributed by atoms with Crippen molar-refractivity contribution in [2.75, 3.05) is 13.6 Å². The molecule has 1 N–H and O–H groups in total. The molecule has 0 saturated heterocycles. The zero-order valence-electron chi connectivity index (χ0n) is 11.6. The van der Waals surface area contributed by atoms with Gasteiger partial charge < -0.3 is 5.32 Å². The van der Waals surface area contributed by atoms with Crippen molar-refractivity contribution < 1.29 is 0 Å². The molecular formula is C17H19ClIN. The lowest BCUT2D eigenvalue weighted by Crippen LogP contribution is -2.22. The maximum Gasteiger partial charge on any atom is 0.0406 e. The van der Waals surface area contributed by atoms with Crippen LogP contribution in [0.15, 0.2) is 48.5 Å². The lowest BCUT2D eigenvalue weighted by atomic mass is 9.92. The molecule has 0 spiro atoms. The van der Waals surface area contributed by atoms with Gasteiger partial charge >= 0.3 is 0 Å². The van der Waals surface area contributed by atoms with Gasteiger partial charge in [-0.1, -0.05) is 35.9 Å². The van der Waals surface area contributed by atoms with Crippen molar-refractivity contribution >= 4 is 34.2 Å². The first kappa shape index (κ1) is 15.8. The fourth-order valence-electron chi connectivity index (χ4n) is 2.41. The van der Waals surface area contributed by atoms with Gasteiger partial charge in [0.2, 0.25) is 0 Å². The van der Waals surface area contributed by atoms with Crippen molar-refractivity contribution in [2.24, 2.45) is 5.92 Å². The Morgan fingerprint density at radius 3 is 1.95 bits per heavy atom. The third-order valence-corrected chi connectivity index (χ3v) is 4.34. The highest BCUT2D eigenvalue weighted by molar-refractivity contribution is 14.1. The Kier molecular flexibility index (Phi) is 6.33. The first-order valence-electron chi connectivity index (χ1n) is 6.81. The summed E-state index contributed by atoms with van der Waals surface area (Å²) in [5.41, 5.74) is 2.75. The molecular weight excluding hydrogens is 381 g/mol. The van der Waals surface area contributed by atoms with E-state index in [2.05, 4.69) is 64.3 Å². The summed E-state index contributed by atoms with van der Waals surface area (Å²) >= 11 is 8.28. The highest BCUT2D eigenvalue weighted by Gasteiger charge is 2.10. The Bertz CT molecular complexity index is 474. The molecule has 2 aromatic carbocycles. The number of benzene rings is 2. The van der Waals surface area contributed by atoms with Crippen LogP contribution in [-0.4, -0.2) is 13.6 Å². The minimum atomic E-state index is 0.598. The Morgan fingerprint density at radius 2 is 1.45 bits per heavy atom. The molecule has 1 nitrogen and oxygen atoms in total. The van der Waals surface area contributed by atoms with Gasteiger partial charge in [0, 0.05) is 8.59 Å². The third kappa shape index (κ3) is 5.08. The smallest absolute Gasteiger partial charge is 0.0406 e. The summed E-state index contributed by atoms with van der Waals surface area (Å²) in [6, 6.07) is 17.0. The van der Waals surface area contributed by atoms with Crippen molar-refractivity contribution in [1.82, 2.24) is 5.32 Å².